The predicted molar refractivity (Wildman–Crippen MR) is 109 cm³/mol. The molecule has 0 saturated carbocycles. The van der Waals surface area contributed by atoms with Gasteiger partial charge in [-0.05, 0) is 19.2 Å². The minimum Gasteiger partial charge on any atom is -0.466 e. The summed E-state index contributed by atoms with van der Waals surface area (Å²) in [6.07, 6.45) is 0. The minimum absolute atomic E-state index is 0.0260. The van der Waals surface area contributed by atoms with Crippen molar-refractivity contribution >= 4 is 27.6 Å². The Kier molecular flexibility index (Phi) is 6.76. The van der Waals surface area contributed by atoms with E-state index >= 15 is 0 Å². The molecule has 2 aliphatic rings. The monoisotopic (exact) mass is 438 g/mol. The fourth-order valence-corrected chi connectivity index (χ4v) is 5.02. The van der Waals surface area contributed by atoms with E-state index in [9.17, 15) is 23.1 Å². The van der Waals surface area contributed by atoms with E-state index in [-0.39, 0.29) is 41.5 Å². The molecule has 0 unspecified atom stereocenters. The maximum absolute atomic E-state index is 13.2. The third-order valence-corrected chi connectivity index (χ3v) is 7.14. The second-order valence-corrected chi connectivity index (χ2v) is 9.03. The summed E-state index contributed by atoms with van der Waals surface area (Å²) in [5.41, 5.74) is 0.242. The zero-order valence-electron chi connectivity index (χ0n) is 17.0. The minimum atomic E-state index is -3.80. The lowest BCUT2D eigenvalue weighted by Crippen LogP contribution is -2.47. The number of para-hydroxylation sites is 1. The van der Waals surface area contributed by atoms with E-state index in [0.717, 1.165) is 0 Å². The van der Waals surface area contributed by atoms with Gasteiger partial charge in [-0.3, -0.25) is 4.79 Å². The van der Waals surface area contributed by atoms with Crippen LogP contribution in [0.4, 0.5) is 5.69 Å². The number of sulfonamides is 1. The summed E-state index contributed by atoms with van der Waals surface area (Å²) in [5, 5.41) is 12.0. The quantitative estimate of drug-likeness (QED) is 0.536. The van der Waals surface area contributed by atoms with Crippen LogP contribution in [0, 0.1) is 0 Å². The predicted octanol–water partition coefficient (Wildman–Crippen LogP) is -0.704. The van der Waals surface area contributed by atoms with Crippen LogP contribution in [0.2, 0.25) is 0 Å². The molecule has 30 heavy (non-hydrogen) atoms. The number of carbonyl (C=O) groups is 2. The molecule has 1 saturated heterocycles. The van der Waals surface area contributed by atoms with Gasteiger partial charge in [-0.25, -0.2) is 13.2 Å². The van der Waals surface area contributed by atoms with Gasteiger partial charge in [0.15, 0.2) is 0 Å². The average Bonchev–Trinajstić information content (AvgIpc) is 3.04. The van der Waals surface area contributed by atoms with Crippen molar-refractivity contribution in [2.45, 2.75) is 4.90 Å². The highest BCUT2D eigenvalue weighted by molar-refractivity contribution is 7.89. The van der Waals surface area contributed by atoms with Crippen LogP contribution in [0.1, 0.15) is 0 Å². The number of hydrogen-bond donors (Lipinski definition) is 2. The van der Waals surface area contributed by atoms with Gasteiger partial charge in [0, 0.05) is 32.7 Å². The second kappa shape index (κ2) is 9.13. The fraction of sp³-hybridized carbons (Fsp3) is 0.474. The Hall–Kier alpha value is -2.47. The first-order chi connectivity index (χ1) is 14.3. The Bertz CT molecular complexity index is 954. The van der Waals surface area contributed by atoms with Gasteiger partial charge in [0.05, 0.1) is 31.5 Å². The summed E-state index contributed by atoms with van der Waals surface area (Å²) in [7, 11) is -0.661. The summed E-state index contributed by atoms with van der Waals surface area (Å²) in [6.45, 7) is 1.75. The molecule has 0 atom stereocenters. The topological polar surface area (TPSA) is 119 Å². The zero-order chi connectivity index (χ0) is 21.9. The van der Waals surface area contributed by atoms with Crippen molar-refractivity contribution in [1.82, 2.24) is 14.1 Å². The molecular weight excluding hydrogens is 412 g/mol. The van der Waals surface area contributed by atoms with Gasteiger partial charge < -0.3 is 25.0 Å². The van der Waals surface area contributed by atoms with E-state index in [1.807, 2.05) is 7.05 Å². The number of aliphatic hydroxyl groups is 1. The maximum Gasteiger partial charge on any atom is 0.337 e. The molecule has 1 aromatic carbocycles. The number of aliphatic hydroxyl groups excluding tert-OH is 1. The van der Waals surface area contributed by atoms with Crippen LogP contribution in [0.5, 0.6) is 0 Å². The number of hydrogen-bond acceptors (Lipinski definition) is 8. The Balaban J connectivity index is 1.95. The lowest BCUT2D eigenvalue weighted by Gasteiger charge is -2.32. The molecule has 2 aliphatic heterocycles. The summed E-state index contributed by atoms with van der Waals surface area (Å²) < 4.78 is 32.7. The van der Waals surface area contributed by atoms with E-state index in [1.165, 1.54) is 22.4 Å². The van der Waals surface area contributed by atoms with Crippen molar-refractivity contribution in [2.75, 3.05) is 65.3 Å². The average molecular weight is 439 g/mol. The van der Waals surface area contributed by atoms with E-state index in [4.69, 9.17) is 4.74 Å². The van der Waals surface area contributed by atoms with Crippen molar-refractivity contribution in [3.8, 4) is 0 Å². The zero-order valence-corrected chi connectivity index (χ0v) is 17.8. The molecule has 0 radical (unpaired) electrons. The maximum atomic E-state index is 13.2. The van der Waals surface area contributed by atoms with Crippen LogP contribution in [-0.2, 0) is 24.3 Å². The number of carbonyl (C=O) groups excluding carboxylic acids is 2. The van der Waals surface area contributed by atoms with E-state index in [2.05, 4.69) is 10.2 Å². The van der Waals surface area contributed by atoms with Crippen LogP contribution >= 0.6 is 0 Å². The van der Waals surface area contributed by atoms with Gasteiger partial charge in [-0.1, -0.05) is 12.1 Å². The lowest BCUT2D eigenvalue weighted by atomic mass is 10.2. The fourth-order valence-electron chi connectivity index (χ4n) is 3.45. The van der Waals surface area contributed by atoms with Crippen molar-refractivity contribution in [1.29, 1.82) is 0 Å². The molecule has 11 heteroatoms. The van der Waals surface area contributed by atoms with Crippen LogP contribution < -0.4 is 5.32 Å². The smallest absolute Gasteiger partial charge is 0.337 e. The Morgan fingerprint density at radius 2 is 1.87 bits per heavy atom. The second-order valence-electron chi connectivity index (χ2n) is 7.12. The summed E-state index contributed by atoms with van der Waals surface area (Å²) in [4.78, 5) is 28.3. The Labute approximate surface area is 175 Å². The Morgan fingerprint density at radius 3 is 2.50 bits per heavy atom. The van der Waals surface area contributed by atoms with Crippen LogP contribution in [0.3, 0.4) is 0 Å². The molecule has 0 bridgehead atoms. The Morgan fingerprint density at radius 1 is 1.20 bits per heavy atom. The third-order valence-electron chi connectivity index (χ3n) is 5.18. The number of benzene rings is 1. The molecule has 0 aromatic heterocycles. The van der Waals surface area contributed by atoms with Crippen molar-refractivity contribution < 1.29 is 27.9 Å². The molecule has 164 valence electrons. The van der Waals surface area contributed by atoms with Crippen LogP contribution in [0.25, 0.3) is 0 Å². The highest BCUT2D eigenvalue weighted by atomic mass is 32.2. The highest BCUT2D eigenvalue weighted by Crippen LogP contribution is 2.29. The van der Waals surface area contributed by atoms with Crippen LogP contribution in [0.15, 0.2) is 40.4 Å². The molecule has 1 amide bonds. The number of nitrogens with one attached hydrogen (secondary N) is 1. The molecule has 1 fully saturated rings. The molecule has 0 aliphatic carbocycles. The normalized spacial score (nSPS) is 18.8. The summed E-state index contributed by atoms with van der Waals surface area (Å²) in [5.74, 6) is -1.19. The number of piperazine rings is 1. The lowest BCUT2D eigenvalue weighted by molar-refractivity contribution is -0.136. The molecule has 10 nitrogen and oxygen atoms in total. The number of ether oxygens (including phenoxy) is 1. The van der Waals surface area contributed by atoms with Crippen molar-refractivity contribution in [2.24, 2.45) is 0 Å². The van der Waals surface area contributed by atoms with Crippen molar-refractivity contribution in [3.63, 3.8) is 0 Å². The van der Waals surface area contributed by atoms with E-state index < -0.39 is 21.9 Å². The standard InChI is InChI=1S/C19H26N4O6S/c1-21-7-9-23(10-8-21)30(27,28)16-6-4-3-5-15(16)20-17-14(19(26)29-2)13-22(11-12-24)18(17)25/h3-6,20,24H,7-13H2,1-2H3. The first-order valence-corrected chi connectivity index (χ1v) is 11.0. The van der Waals surface area contributed by atoms with E-state index in [1.54, 1.807) is 18.2 Å². The number of esters is 1. The number of likely N-dealkylation sites (N-methyl/N-ethyl adjacent to an activating group) is 1. The third kappa shape index (κ3) is 4.33. The molecule has 1 aromatic rings. The number of amides is 1. The number of methoxy groups -OCH3 is 1. The van der Waals surface area contributed by atoms with Crippen LogP contribution in [-0.4, -0.2) is 99.5 Å². The van der Waals surface area contributed by atoms with Gasteiger partial charge >= 0.3 is 5.97 Å². The van der Waals surface area contributed by atoms with E-state index in [0.29, 0.717) is 26.2 Å². The highest BCUT2D eigenvalue weighted by Gasteiger charge is 2.36. The van der Waals surface area contributed by atoms with Gasteiger partial charge in [-0.15, -0.1) is 0 Å². The number of β-amino-alcohol motifs (C(OH)–C–C–N with tert-alkyl or cyclic N) is 1. The van der Waals surface area contributed by atoms with Gasteiger partial charge in [0.25, 0.3) is 5.91 Å². The molecule has 2 heterocycles. The largest absolute Gasteiger partial charge is 0.466 e. The number of nitrogens with zero attached hydrogens (tertiary/aromatic N) is 3. The van der Waals surface area contributed by atoms with Crippen molar-refractivity contribution in [3.05, 3.63) is 35.5 Å². The number of anilines is 1. The van der Waals surface area contributed by atoms with Gasteiger partial charge in [0.2, 0.25) is 10.0 Å². The first kappa shape index (κ1) is 22.2. The summed E-state index contributed by atoms with van der Waals surface area (Å²) in [6, 6.07) is 6.28. The number of rotatable bonds is 7. The SMILES string of the molecule is COC(=O)C1=C(Nc2ccccc2S(=O)(=O)N2CCN(C)CC2)C(=O)N(CCO)C1. The van der Waals surface area contributed by atoms with Gasteiger partial charge in [-0.2, -0.15) is 4.31 Å². The summed E-state index contributed by atoms with van der Waals surface area (Å²) >= 11 is 0. The molecule has 3 rings (SSSR count). The first-order valence-electron chi connectivity index (χ1n) is 9.56. The van der Waals surface area contributed by atoms with Gasteiger partial charge in [0.1, 0.15) is 10.6 Å². The molecular formula is C19H26N4O6S. The molecule has 0 spiro atoms. The molecule has 2 N–H and O–H groups in total.